The van der Waals surface area contributed by atoms with Crippen molar-refractivity contribution in [1.82, 2.24) is 4.98 Å². The summed E-state index contributed by atoms with van der Waals surface area (Å²) in [5.74, 6) is -0.685. The molecule has 0 fully saturated rings. The minimum atomic E-state index is -0.370. The zero-order chi connectivity index (χ0) is 15.0. The number of rotatable bonds is 2. The van der Waals surface area contributed by atoms with Gasteiger partial charge in [-0.05, 0) is 59.0 Å². The normalized spacial score (nSPS) is 10.8. The Hall–Kier alpha value is -1.25. The van der Waals surface area contributed by atoms with Crippen molar-refractivity contribution in [2.24, 2.45) is 0 Å². The number of hydrogen-bond donors (Lipinski definition) is 1. The van der Waals surface area contributed by atoms with Crippen LogP contribution in [0, 0.1) is 9.39 Å². The zero-order valence-electron chi connectivity index (χ0n) is 10.4. The number of halogens is 3. The maximum atomic E-state index is 13.1. The Morgan fingerprint density at radius 2 is 2.10 bits per heavy atom. The van der Waals surface area contributed by atoms with Gasteiger partial charge in [0.25, 0.3) is 5.91 Å². The van der Waals surface area contributed by atoms with Gasteiger partial charge in [-0.15, -0.1) is 0 Å². The van der Waals surface area contributed by atoms with Crippen LogP contribution in [0.3, 0.4) is 0 Å². The highest BCUT2D eigenvalue weighted by atomic mass is 127. The highest BCUT2D eigenvalue weighted by molar-refractivity contribution is 14.1. The van der Waals surface area contributed by atoms with Crippen molar-refractivity contribution in [2.45, 2.75) is 0 Å². The van der Waals surface area contributed by atoms with Crippen LogP contribution >= 0.6 is 45.5 Å². The molecule has 1 aromatic heterocycles. The summed E-state index contributed by atoms with van der Waals surface area (Å²) in [6.45, 7) is 0. The average molecular weight is 433 g/mol. The topological polar surface area (TPSA) is 42.0 Å². The Balaban J connectivity index is 1.89. The smallest absolute Gasteiger partial charge is 0.258 e. The number of benzene rings is 2. The SMILES string of the molecule is O=C(Nc1nc2ccc(Cl)cc2s1)c1ccc(F)cc1I. The van der Waals surface area contributed by atoms with Crippen molar-refractivity contribution in [2.75, 3.05) is 5.32 Å². The van der Waals surface area contributed by atoms with Gasteiger partial charge in [0, 0.05) is 8.59 Å². The van der Waals surface area contributed by atoms with Gasteiger partial charge in [0.1, 0.15) is 5.82 Å². The van der Waals surface area contributed by atoms with Crippen molar-refractivity contribution in [3.8, 4) is 0 Å². The van der Waals surface area contributed by atoms with E-state index in [1.54, 1.807) is 18.2 Å². The summed E-state index contributed by atoms with van der Waals surface area (Å²) < 4.78 is 14.5. The molecule has 0 aliphatic rings. The number of nitrogens with one attached hydrogen (secondary N) is 1. The monoisotopic (exact) mass is 432 g/mol. The predicted octanol–water partition coefficient (Wildman–Crippen LogP) is 4.95. The maximum absolute atomic E-state index is 13.1. The lowest BCUT2D eigenvalue weighted by Crippen LogP contribution is -2.13. The minimum absolute atomic E-state index is 0.315. The van der Waals surface area contributed by atoms with Crippen molar-refractivity contribution >= 4 is 66.8 Å². The summed E-state index contributed by atoms with van der Waals surface area (Å²) in [7, 11) is 0. The second kappa shape index (κ2) is 5.86. The van der Waals surface area contributed by atoms with E-state index in [9.17, 15) is 9.18 Å². The van der Waals surface area contributed by atoms with Gasteiger partial charge in [0.05, 0.1) is 15.8 Å². The molecule has 0 bridgehead atoms. The van der Waals surface area contributed by atoms with Crippen LogP contribution in [0.4, 0.5) is 9.52 Å². The quantitative estimate of drug-likeness (QED) is 0.583. The largest absolute Gasteiger partial charge is 0.298 e. The number of fused-ring (bicyclic) bond motifs is 1. The summed E-state index contributed by atoms with van der Waals surface area (Å²) in [6.07, 6.45) is 0. The summed E-state index contributed by atoms with van der Waals surface area (Å²) in [5.41, 5.74) is 1.18. The first-order valence-electron chi connectivity index (χ1n) is 5.85. The molecule has 2 aromatic carbocycles. The van der Waals surface area contributed by atoms with E-state index < -0.39 is 0 Å². The number of carbonyl (C=O) groups excluding carboxylic acids is 1. The van der Waals surface area contributed by atoms with Gasteiger partial charge in [-0.3, -0.25) is 10.1 Å². The number of thiazole rings is 1. The Bertz CT molecular complexity index is 852. The number of aromatic nitrogens is 1. The molecule has 3 nitrogen and oxygen atoms in total. The Kier molecular flexibility index (Phi) is 4.10. The molecule has 0 aliphatic heterocycles. The Morgan fingerprint density at radius 3 is 2.86 bits per heavy atom. The van der Waals surface area contributed by atoms with Gasteiger partial charge in [-0.2, -0.15) is 0 Å². The number of nitrogens with zero attached hydrogens (tertiary/aromatic N) is 1. The molecule has 0 saturated carbocycles. The van der Waals surface area contributed by atoms with Crippen LogP contribution in [0.5, 0.6) is 0 Å². The third kappa shape index (κ3) is 3.17. The van der Waals surface area contributed by atoms with Crippen LogP contribution in [-0.2, 0) is 0 Å². The molecule has 0 unspecified atom stereocenters. The van der Waals surface area contributed by atoms with Gasteiger partial charge in [0.15, 0.2) is 5.13 Å². The summed E-state index contributed by atoms with van der Waals surface area (Å²) in [4.78, 5) is 16.5. The molecule has 3 rings (SSSR count). The third-order valence-corrected chi connectivity index (χ3v) is 4.81. The average Bonchev–Trinajstić information content (AvgIpc) is 2.79. The molecule has 0 aliphatic carbocycles. The van der Waals surface area contributed by atoms with Gasteiger partial charge in [0.2, 0.25) is 0 Å². The summed E-state index contributed by atoms with van der Waals surface area (Å²) in [5, 5.41) is 3.83. The lowest BCUT2D eigenvalue weighted by molar-refractivity contribution is 0.102. The third-order valence-electron chi connectivity index (χ3n) is 2.75. The van der Waals surface area contributed by atoms with E-state index in [1.807, 2.05) is 22.6 Å². The van der Waals surface area contributed by atoms with Crippen molar-refractivity contribution < 1.29 is 9.18 Å². The van der Waals surface area contributed by atoms with E-state index in [4.69, 9.17) is 11.6 Å². The summed E-state index contributed by atoms with van der Waals surface area (Å²) >= 11 is 9.19. The first kappa shape index (κ1) is 14.7. The van der Waals surface area contributed by atoms with Gasteiger partial charge in [-0.1, -0.05) is 22.9 Å². The van der Waals surface area contributed by atoms with E-state index in [0.717, 1.165) is 10.2 Å². The van der Waals surface area contributed by atoms with Gasteiger partial charge in [-0.25, -0.2) is 9.37 Å². The molecule has 0 saturated heterocycles. The number of hydrogen-bond acceptors (Lipinski definition) is 3. The fourth-order valence-corrected chi connectivity index (χ4v) is 3.65. The first-order valence-corrected chi connectivity index (χ1v) is 8.13. The fraction of sp³-hybridized carbons (Fsp3) is 0. The molecular formula is C14H7ClFIN2OS. The molecule has 1 heterocycles. The molecule has 7 heteroatoms. The molecular weight excluding hydrogens is 426 g/mol. The lowest BCUT2D eigenvalue weighted by Gasteiger charge is -2.03. The van der Waals surface area contributed by atoms with E-state index >= 15 is 0 Å². The number of anilines is 1. The Morgan fingerprint density at radius 1 is 1.29 bits per heavy atom. The fourth-order valence-electron chi connectivity index (χ4n) is 1.79. The molecule has 21 heavy (non-hydrogen) atoms. The molecule has 3 aromatic rings. The predicted molar refractivity (Wildman–Crippen MR) is 91.7 cm³/mol. The van der Waals surface area contributed by atoms with E-state index in [0.29, 0.717) is 19.3 Å². The molecule has 106 valence electrons. The summed E-state index contributed by atoms with van der Waals surface area (Å²) in [6, 6.07) is 9.37. The van der Waals surface area contributed by atoms with Crippen LogP contribution in [0.2, 0.25) is 5.02 Å². The number of amides is 1. The van der Waals surface area contributed by atoms with E-state index in [-0.39, 0.29) is 11.7 Å². The van der Waals surface area contributed by atoms with E-state index in [2.05, 4.69) is 10.3 Å². The standard InChI is InChI=1S/C14H7ClFIN2OS/c15-7-1-4-11-12(5-7)21-14(18-11)19-13(20)9-3-2-8(16)6-10(9)17/h1-6H,(H,18,19,20). The number of carbonyl (C=O) groups is 1. The Labute approximate surface area is 142 Å². The molecule has 1 amide bonds. The first-order chi connectivity index (χ1) is 10.0. The second-order valence-corrected chi connectivity index (χ2v) is 6.84. The maximum Gasteiger partial charge on any atom is 0.258 e. The zero-order valence-corrected chi connectivity index (χ0v) is 14.1. The van der Waals surface area contributed by atoms with Crippen LogP contribution in [0.25, 0.3) is 10.2 Å². The highest BCUT2D eigenvalue weighted by Crippen LogP contribution is 2.28. The second-order valence-electron chi connectivity index (χ2n) is 4.21. The van der Waals surface area contributed by atoms with Crippen LogP contribution in [0.15, 0.2) is 36.4 Å². The molecule has 1 N–H and O–H groups in total. The van der Waals surface area contributed by atoms with Crippen LogP contribution in [-0.4, -0.2) is 10.9 Å². The molecule has 0 radical (unpaired) electrons. The van der Waals surface area contributed by atoms with Crippen molar-refractivity contribution in [1.29, 1.82) is 0 Å². The van der Waals surface area contributed by atoms with Gasteiger partial charge < -0.3 is 0 Å². The van der Waals surface area contributed by atoms with Crippen molar-refractivity contribution in [3.63, 3.8) is 0 Å². The lowest BCUT2D eigenvalue weighted by atomic mass is 10.2. The molecule has 0 spiro atoms. The minimum Gasteiger partial charge on any atom is -0.298 e. The highest BCUT2D eigenvalue weighted by Gasteiger charge is 2.13. The van der Waals surface area contributed by atoms with Crippen LogP contribution < -0.4 is 5.32 Å². The van der Waals surface area contributed by atoms with E-state index in [1.165, 1.54) is 29.5 Å². The van der Waals surface area contributed by atoms with Crippen LogP contribution in [0.1, 0.15) is 10.4 Å². The van der Waals surface area contributed by atoms with Gasteiger partial charge >= 0.3 is 0 Å². The van der Waals surface area contributed by atoms with Crippen molar-refractivity contribution in [3.05, 3.63) is 56.4 Å². The molecule has 0 atom stereocenters.